The summed E-state index contributed by atoms with van der Waals surface area (Å²) in [6, 6.07) is 11.5. The summed E-state index contributed by atoms with van der Waals surface area (Å²) in [6.45, 7) is 6.85. The first-order valence-corrected chi connectivity index (χ1v) is 9.36. The molecular formula is C21H23N5O2. The van der Waals surface area contributed by atoms with E-state index in [2.05, 4.69) is 40.1 Å². The van der Waals surface area contributed by atoms with Gasteiger partial charge in [0.25, 0.3) is 5.91 Å². The molecule has 0 saturated carbocycles. The molecule has 0 radical (unpaired) electrons. The van der Waals surface area contributed by atoms with Gasteiger partial charge in [0.2, 0.25) is 5.95 Å². The molecule has 7 heteroatoms. The third-order valence-electron chi connectivity index (χ3n) is 5.11. The summed E-state index contributed by atoms with van der Waals surface area (Å²) in [4.78, 5) is 25.4. The Balaban J connectivity index is 1.42. The van der Waals surface area contributed by atoms with Crippen LogP contribution in [0.5, 0.6) is 0 Å². The quantitative estimate of drug-likeness (QED) is 0.751. The molecule has 1 aliphatic rings. The number of benzene rings is 1. The summed E-state index contributed by atoms with van der Waals surface area (Å²) in [5, 5.41) is 3.31. The number of rotatable bonds is 4. The van der Waals surface area contributed by atoms with Crippen LogP contribution >= 0.6 is 0 Å². The van der Waals surface area contributed by atoms with Crippen molar-refractivity contribution >= 4 is 23.4 Å². The van der Waals surface area contributed by atoms with Crippen molar-refractivity contribution in [2.45, 2.75) is 13.8 Å². The second-order valence-electron chi connectivity index (χ2n) is 6.87. The van der Waals surface area contributed by atoms with Crippen LogP contribution in [0.3, 0.4) is 0 Å². The van der Waals surface area contributed by atoms with Crippen LogP contribution in [0.2, 0.25) is 0 Å². The van der Waals surface area contributed by atoms with Crippen LogP contribution in [0, 0.1) is 13.8 Å². The molecule has 1 fully saturated rings. The van der Waals surface area contributed by atoms with E-state index in [0.717, 1.165) is 11.5 Å². The molecule has 28 heavy (non-hydrogen) atoms. The summed E-state index contributed by atoms with van der Waals surface area (Å²) in [5.41, 5.74) is 3.41. The molecule has 144 valence electrons. The largest absolute Gasteiger partial charge is 0.459 e. The summed E-state index contributed by atoms with van der Waals surface area (Å²) in [7, 11) is 0. The normalized spacial score (nSPS) is 14.2. The molecule has 0 spiro atoms. The van der Waals surface area contributed by atoms with E-state index in [1.165, 1.54) is 17.4 Å². The first kappa shape index (κ1) is 18.0. The molecule has 1 aromatic carbocycles. The van der Waals surface area contributed by atoms with Gasteiger partial charge in [-0.3, -0.25) is 4.79 Å². The fourth-order valence-corrected chi connectivity index (χ4v) is 3.29. The van der Waals surface area contributed by atoms with Gasteiger partial charge in [0.1, 0.15) is 5.82 Å². The van der Waals surface area contributed by atoms with Crippen molar-refractivity contribution in [3.63, 3.8) is 0 Å². The highest BCUT2D eigenvalue weighted by atomic mass is 16.3. The number of hydrogen-bond donors (Lipinski definition) is 1. The third-order valence-corrected chi connectivity index (χ3v) is 5.11. The van der Waals surface area contributed by atoms with Gasteiger partial charge in [-0.1, -0.05) is 12.1 Å². The van der Waals surface area contributed by atoms with E-state index in [1.807, 2.05) is 23.1 Å². The van der Waals surface area contributed by atoms with E-state index < -0.39 is 0 Å². The van der Waals surface area contributed by atoms with Gasteiger partial charge in [0.05, 0.1) is 6.26 Å². The standard InChI is InChI=1S/C21H23N5O2/c1-15-5-3-6-17(16(15)2)23-21-22-9-8-19(24-21)25-10-12-26(13-11-25)20(27)18-7-4-14-28-18/h3-9,14H,10-13H2,1-2H3,(H,22,23,24). The lowest BCUT2D eigenvalue weighted by atomic mass is 10.1. The van der Waals surface area contributed by atoms with Gasteiger partial charge in [-0.15, -0.1) is 0 Å². The highest BCUT2D eigenvalue weighted by Gasteiger charge is 2.24. The Kier molecular flexibility index (Phi) is 4.97. The minimum absolute atomic E-state index is 0.0652. The molecule has 1 N–H and O–H groups in total. The van der Waals surface area contributed by atoms with Crippen molar-refractivity contribution in [3.8, 4) is 0 Å². The minimum Gasteiger partial charge on any atom is -0.459 e. The Morgan fingerprint density at radius 1 is 1.07 bits per heavy atom. The molecule has 1 saturated heterocycles. The van der Waals surface area contributed by atoms with E-state index in [1.54, 1.807) is 18.3 Å². The van der Waals surface area contributed by atoms with Crippen LogP contribution in [-0.2, 0) is 0 Å². The predicted octanol–water partition coefficient (Wildman–Crippen LogP) is 3.39. The lowest BCUT2D eigenvalue weighted by Gasteiger charge is -2.35. The van der Waals surface area contributed by atoms with Crippen molar-refractivity contribution < 1.29 is 9.21 Å². The number of hydrogen-bond acceptors (Lipinski definition) is 6. The molecule has 7 nitrogen and oxygen atoms in total. The number of carbonyl (C=O) groups excluding carboxylic acids is 1. The molecule has 4 rings (SSSR count). The Hall–Kier alpha value is -3.35. The number of nitrogens with zero attached hydrogens (tertiary/aromatic N) is 4. The SMILES string of the molecule is Cc1cccc(Nc2nccc(N3CCN(C(=O)c4ccco4)CC3)n2)c1C. The van der Waals surface area contributed by atoms with E-state index in [0.29, 0.717) is 37.9 Å². The highest BCUT2D eigenvalue weighted by molar-refractivity contribution is 5.91. The lowest BCUT2D eigenvalue weighted by molar-refractivity contribution is 0.0714. The van der Waals surface area contributed by atoms with Gasteiger partial charge in [0, 0.05) is 38.1 Å². The van der Waals surface area contributed by atoms with Gasteiger partial charge in [-0.25, -0.2) is 4.98 Å². The molecule has 0 aliphatic carbocycles. The zero-order chi connectivity index (χ0) is 19.5. The number of amides is 1. The van der Waals surface area contributed by atoms with E-state index in [4.69, 9.17) is 4.42 Å². The van der Waals surface area contributed by atoms with Crippen molar-refractivity contribution in [1.82, 2.24) is 14.9 Å². The molecule has 1 aliphatic heterocycles. The summed E-state index contributed by atoms with van der Waals surface area (Å²) in [5.74, 6) is 1.74. The monoisotopic (exact) mass is 377 g/mol. The number of piperazine rings is 1. The zero-order valence-corrected chi connectivity index (χ0v) is 16.1. The van der Waals surface area contributed by atoms with Crippen molar-refractivity contribution in [2.75, 3.05) is 36.4 Å². The number of carbonyl (C=O) groups is 1. The average Bonchev–Trinajstić information content (AvgIpc) is 3.26. The first-order chi connectivity index (χ1) is 13.6. The molecule has 0 bridgehead atoms. The van der Waals surface area contributed by atoms with Gasteiger partial charge < -0.3 is 19.5 Å². The smallest absolute Gasteiger partial charge is 0.289 e. The highest BCUT2D eigenvalue weighted by Crippen LogP contribution is 2.22. The first-order valence-electron chi connectivity index (χ1n) is 9.36. The van der Waals surface area contributed by atoms with Crippen LogP contribution in [0.25, 0.3) is 0 Å². The number of aromatic nitrogens is 2. The van der Waals surface area contributed by atoms with Crippen LogP contribution in [0.15, 0.2) is 53.3 Å². The van der Waals surface area contributed by atoms with E-state index in [9.17, 15) is 4.79 Å². The van der Waals surface area contributed by atoms with Crippen LogP contribution in [-0.4, -0.2) is 47.0 Å². The molecule has 3 aromatic rings. The Morgan fingerprint density at radius 2 is 1.89 bits per heavy atom. The number of furan rings is 1. The minimum atomic E-state index is -0.0652. The second kappa shape index (κ2) is 7.72. The van der Waals surface area contributed by atoms with E-state index >= 15 is 0 Å². The Morgan fingerprint density at radius 3 is 2.64 bits per heavy atom. The number of aryl methyl sites for hydroxylation is 1. The molecule has 3 heterocycles. The predicted molar refractivity (Wildman–Crippen MR) is 108 cm³/mol. The Bertz CT molecular complexity index is 963. The van der Waals surface area contributed by atoms with Gasteiger partial charge in [0.15, 0.2) is 5.76 Å². The van der Waals surface area contributed by atoms with Crippen molar-refractivity contribution in [1.29, 1.82) is 0 Å². The fraction of sp³-hybridized carbons (Fsp3) is 0.286. The number of anilines is 3. The third kappa shape index (κ3) is 3.69. The van der Waals surface area contributed by atoms with Crippen molar-refractivity contribution in [3.05, 3.63) is 65.7 Å². The maximum atomic E-state index is 12.4. The summed E-state index contributed by atoms with van der Waals surface area (Å²) in [6.07, 6.45) is 3.28. The van der Waals surface area contributed by atoms with Crippen LogP contribution in [0.1, 0.15) is 21.7 Å². The molecule has 0 unspecified atom stereocenters. The zero-order valence-electron chi connectivity index (χ0n) is 16.1. The van der Waals surface area contributed by atoms with Gasteiger partial charge >= 0.3 is 0 Å². The maximum absolute atomic E-state index is 12.4. The van der Waals surface area contributed by atoms with Gasteiger partial charge in [-0.05, 0) is 49.2 Å². The molecule has 1 amide bonds. The number of nitrogens with one attached hydrogen (secondary N) is 1. The van der Waals surface area contributed by atoms with Crippen LogP contribution < -0.4 is 10.2 Å². The summed E-state index contributed by atoms with van der Waals surface area (Å²) < 4.78 is 5.22. The second-order valence-corrected chi connectivity index (χ2v) is 6.87. The topological polar surface area (TPSA) is 74.5 Å². The maximum Gasteiger partial charge on any atom is 0.289 e. The summed E-state index contributed by atoms with van der Waals surface area (Å²) >= 11 is 0. The average molecular weight is 377 g/mol. The molecule has 2 aromatic heterocycles. The van der Waals surface area contributed by atoms with Crippen LogP contribution in [0.4, 0.5) is 17.5 Å². The Labute approximate surface area is 164 Å². The fourth-order valence-electron chi connectivity index (χ4n) is 3.29. The van der Waals surface area contributed by atoms with Crippen molar-refractivity contribution in [2.24, 2.45) is 0 Å². The molecule has 0 atom stereocenters. The lowest BCUT2D eigenvalue weighted by Crippen LogP contribution is -2.49. The molecular weight excluding hydrogens is 354 g/mol. The van der Waals surface area contributed by atoms with Gasteiger partial charge in [-0.2, -0.15) is 4.98 Å². The van der Waals surface area contributed by atoms with E-state index in [-0.39, 0.29) is 5.91 Å².